The third-order valence-electron chi connectivity index (χ3n) is 4.61. The maximum absolute atomic E-state index is 12.8. The standard InChI is InChI=1S/C16H22N2O2/c1-3-20-15-7-5-4-6-13(15)16(19)18-10-12-8-17-9-14(12)11(18)2/h4-7,11-12,14,17H,3,8-10H2,1-2H3. The van der Waals surface area contributed by atoms with E-state index in [1.807, 2.05) is 36.1 Å². The number of hydrogen-bond acceptors (Lipinski definition) is 3. The van der Waals surface area contributed by atoms with Crippen molar-refractivity contribution >= 4 is 5.91 Å². The zero-order chi connectivity index (χ0) is 14.1. The summed E-state index contributed by atoms with van der Waals surface area (Å²) in [4.78, 5) is 14.8. The highest BCUT2D eigenvalue weighted by molar-refractivity contribution is 5.97. The quantitative estimate of drug-likeness (QED) is 0.913. The summed E-state index contributed by atoms with van der Waals surface area (Å²) in [6.07, 6.45) is 0. The molecule has 4 heteroatoms. The van der Waals surface area contributed by atoms with Crippen LogP contribution in [0.4, 0.5) is 0 Å². The van der Waals surface area contributed by atoms with Crippen LogP contribution in [0.2, 0.25) is 0 Å². The van der Waals surface area contributed by atoms with Crippen molar-refractivity contribution < 1.29 is 9.53 Å². The molecule has 4 nitrogen and oxygen atoms in total. The second-order valence-corrected chi connectivity index (χ2v) is 5.71. The Kier molecular flexibility index (Phi) is 3.66. The van der Waals surface area contributed by atoms with Gasteiger partial charge in [0.1, 0.15) is 5.75 Å². The summed E-state index contributed by atoms with van der Waals surface area (Å²) in [6, 6.07) is 7.86. The van der Waals surface area contributed by atoms with Gasteiger partial charge >= 0.3 is 0 Å². The fourth-order valence-corrected chi connectivity index (χ4v) is 3.52. The topological polar surface area (TPSA) is 41.6 Å². The molecule has 1 amide bonds. The van der Waals surface area contributed by atoms with Crippen LogP contribution < -0.4 is 10.1 Å². The van der Waals surface area contributed by atoms with Crippen LogP contribution >= 0.6 is 0 Å². The number of amides is 1. The van der Waals surface area contributed by atoms with Gasteiger partial charge in [0, 0.05) is 25.7 Å². The Morgan fingerprint density at radius 1 is 1.40 bits per heavy atom. The van der Waals surface area contributed by atoms with Gasteiger partial charge in [-0.1, -0.05) is 12.1 Å². The molecule has 0 aromatic heterocycles. The lowest BCUT2D eigenvalue weighted by atomic mass is 9.95. The van der Waals surface area contributed by atoms with Crippen molar-refractivity contribution in [3.63, 3.8) is 0 Å². The van der Waals surface area contributed by atoms with E-state index in [4.69, 9.17) is 4.74 Å². The molecule has 0 bridgehead atoms. The number of fused-ring (bicyclic) bond motifs is 1. The Hall–Kier alpha value is -1.55. The fraction of sp³-hybridized carbons (Fsp3) is 0.562. The molecule has 2 heterocycles. The molecule has 2 aliphatic rings. The number of carbonyl (C=O) groups is 1. The molecule has 0 saturated carbocycles. The van der Waals surface area contributed by atoms with Gasteiger partial charge in [-0.15, -0.1) is 0 Å². The highest BCUT2D eigenvalue weighted by atomic mass is 16.5. The maximum Gasteiger partial charge on any atom is 0.257 e. The molecule has 1 aromatic carbocycles. The minimum Gasteiger partial charge on any atom is -0.493 e. The van der Waals surface area contributed by atoms with Gasteiger partial charge in [-0.3, -0.25) is 4.79 Å². The van der Waals surface area contributed by atoms with Crippen LogP contribution in [0.1, 0.15) is 24.2 Å². The van der Waals surface area contributed by atoms with Crippen molar-refractivity contribution in [1.82, 2.24) is 10.2 Å². The molecular weight excluding hydrogens is 252 g/mol. The number of likely N-dealkylation sites (tertiary alicyclic amines) is 1. The predicted molar refractivity (Wildman–Crippen MR) is 78.0 cm³/mol. The predicted octanol–water partition coefficient (Wildman–Crippen LogP) is 1.77. The van der Waals surface area contributed by atoms with E-state index < -0.39 is 0 Å². The smallest absolute Gasteiger partial charge is 0.257 e. The van der Waals surface area contributed by atoms with Gasteiger partial charge in [-0.2, -0.15) is 0 Å². The number of ether oxygens (including phenoxy) is 1. The molecule has 0 aliphatic carbocycles. The van der Waals surface area contributed by atoms with Crippen LogP contribution in [0.5, 0.6) is 5.75 Å². The van der Waals surface area contributed by atoms with E-state index in [0.717, 1.165) is 19.6 Å². The van der Waals surface area contributed by atoms with Crippen LogP contribution in [0.15, 0.2) is 24.3 Å². The Morgan fingerprint density at radius 3 is 2.95 bits per heavy atom. The number of para-hydroxylation sites is 1. The third kappa shape index (κ3) is 2.18. The van der Waals surface area contributed by atoms with Gasteiger partial charge in [-0.05, 0) is 37.8 Å². The maximum atomic E-state index is 12.8. The lowest BCUT2D eigenvalue weighted by molar-refractivity contribution is 0.0724. The van der Waals surface area contributed by atoms with E-state index in [9.17, 15) is 4.79 Å². The lowest BCUT2D eigenvalue weighted by Crippen LogP contribution is -2.38. The van der Waals surface area contributed by atoms with Crippen LogP contribution in [0, 0.1) is 11.8 Å². The zero-order valence-electron chi connectivity index (χ0n) is 12.1. The minimum atomic E-state index is 0.107. The highest BCUT2D eigenvalue weighted by Gasteiger charge is 2.44. The molecular formula is C16H22N2O2. The highest BCUT2D eigenvalue weighted by Crippen LogP contribution is 2.34. The average Bonchev–Trinajstić information content (AvgIpc) is 3.03. The largest absolute Gasteiger partial charge is 0.493 e. The summed E-state index contributed by atoms with van der Waals surface area (Å²) in [5.41, 5.74) is 0.689. The molecule has 0 spiro atoms. The van der Waals surface area contributed by atoms with E-state index in [1.165, 1.54) is 0 Å². The first-order valence-electron chi connectivity index (χ1n) is 7.46. The molecule has 2 saturated heterocycles. The number of nitrogens with zero attached hydrogens (tertiary/aromatic N) is 1. The number of carbonyl (C=O) groups excluding carboxylic acids is 1. The van der Waals surface area contributed by atoms with Crippen LogP contribution in [0.25, 0.3) is 0 Å². The Bertz CT molecular complexity index is 503. The number of hydrogen-bond donors (Lipinski definition) is 1. The zero-order valence-corrected chi connectivity index (χ0v) is 12.1. The minimum absolute atomic E-state index is 0.107. The van der Waals surface area contributed by atoms with Crippen molar-refractivity contribution in [2.75, 3.05) is 26.2 Å². The number of rotatable bonds is 3. The fourth-order valence-electron chi connectivity index (χ4n) is 3.52. The molecule has 20 heavy (non-hydrogen) atoms. The Balaban J connectivity index is 1.83. The summed E-state index contributed by atoms with van der Waals surface area (Å²) in [7, 11) is 0. The van der Waals surface area contributed by atoms with Gasteiger partial charge in [0.15, 0.2) is 0 Å². The number of benzene rings is 1. The monoisotopic (exact) mass is 274 g/mol. The molecule has 2 fully saturated rings. The first-order chi connectivity index (χ1) is 9.72. The third-order valence-corrected chi connectivity index (χ3v) is 4.61. The van der Waals surface area contributed by atoms with Crippen molar-refractivity contribution in [3.05, 3.63) is 29.8 Å². The van der Waals surface area contributed by atoms with Crippen LogP contribution in [0.3, 0.4) is 0 Å². The number of nitrogens with one attached hydrogen (secondary N) is 1. The summed E-state index contributed by atoms with van der Waals surface area (Å²) < 4.78 is 5.59. The molecule has 108 valence electrons. The Morgan fingerprint density at radius 2 is 2.20 bits per heavy atom. The molecule has 3 rings (SSSR count). The summed E-state index contributed by atoms with van der Waals surface area (Å²) >= 11 is 0. The van der Waals surface area contributed by atoms with Gasteiger partial charge in [0.25, 0.3) is 5.91 Å². The normalized spacial score (nSPS) is 28.5. The molecule has 1 aromatic rings. The van der Waals surface area contributed by atoms with E-state index in [1.54, 1.807) is 0 Å². The van der Waals surface area contributed by atoms with E-state index in [2.05, 4.69) is 12.2 Å². The summed E-state index contributed by atoms with van der Waals surface area (Å²) in [6.45, 7) is 7.61. The second-order valence-electron chi connectivity index (χ2n) is 5.71. The van der Waals surface area contributed by atoms with Gasteiger partial charge in [0.2, 0.25) is 0 Å². The SMILES string of the molecule is CCOc1ccccc1C(=O)N1CC2CNCC2C1C. The van der Waals surface area contributed by atoms with Gasteiger partial charge < -0.3 is 15.0 Å². The van der Waals surface area contributed by atoms with Gasteiger partial charge in [0.05, 0.1) is 12.2 Å². The van der Waals surface area contributed by atoms with E-state index >= 15 is 0 Å². The second kappa shape index (κ2) is 5.44. The molecule has 2 aliphatic heterocycles. The molecule has 3 unspecified atom stereocenters. The summed E-state index contributed by atoms with van der Waals surface area (Å²) in [5.74, 6) is 2.00. The molecule has 1 N–H and O–H groups in total. The van der Waals surface area contributed by atoms with E-state index in [0.29, 0.717) is 35.8 Å². The summed E-state index contributed by atoms with van der Waals surface area (Å²) in [5, 5.41) is 3.42. The average molecular weight is 274 g/mol. The Labute approximate surface area is 120 Å². The lowest BCUT2D eigenvalue weighted by Gasteiger charge is -2.25. The van der Waals surface area contributed by atoms with Crippen molar-refractivity contribution in [2.24, 2.45) is 11.8 Å². The first-order valence-corrected chi connectivity index (χ1v) is 7.46. The molecule has 3 atom stereocenters. The van der Waals surface area contributed by atoms with Crippen LogP contribution in [-0.4, -0.2) is 43.1 Å². The van der Waals surface area contributed by atoms with Crippen molar-refractivity contribution in [3.8, 4) is 5.75 Å². The van der Waals surface area contributed by atoms with Crippen LogP contribution in [-0.2, 0) is 0 Å². The van der Waals surface area contributed by atoms with E-state index in [-0.39, 0.29) is 5.91 Å². The first kappa shape index (κ1) is 13.4. The van der Waals surface area contributed by atoms with Gasteiger partial charge in [-0.25, -0.2) is 0 Å². The molecule has 0 radical (unpaired) electrons. The van der Waals surface area contributed by atoms with Crippen molar-refractivity contribution in [1.29, 1.82) is 0 Å². The van der Waals surface area contributed by atoms with Crippen molar-refractivity contribution in [2.45, 2.75) is 19.9 Å².